The second kappa shape index (κ2) is 7.93. The molecule has 4 aromatic rings. The Morgan fingerprint density at radius 3 is 2.93 bits per heavy atom. The van der Waals surface area contributed by atoms with Crippen molar-refractivity contribution in [2.24, 2.45) is 0 Å². The van der Waals surface area contributed by atoms with Gasteiger partial charge in [-0.05, 0) is 12.1 Å². The van der Waals surface area contributed by atoms with Crippen LogP contribution < -0.4 is 15.7 Å². The molecule has 0 bridgehead atoms. The van der Waals surface area contributed by atoms with Crippen molar-refractivity contribution in [3.63, 3.8) is 0 Å². The zero-order valence-electron chi connectivity index (χ0n) is 15.5. The molecule has 0 spiro atoms. The molecule has 0 aliphatic carbocycles. The highest BCUT2D eigenvalue weighted by Gasteiger charge is 2.15. The zero-order valence-corrected chi connectivity index (χ0v) is 15.5. The van der Waals surface area contributed by atoms with E-state index in [9.17, 15) is 9.59 Å². The Labute approximate surface area is 165 Å². The van der Waals surface area contributed by atoms with Gasteiger partial charge in [-0.2, -0.15) is 0 Å². The number of benzene rings is 1. The maximum Gasteiger partial charge on any atom is 0.349 e. The van der Waals surface area contributed by atoms with Gasteiger partial charge in [0.2, 0.25) is 0 Å². The van der Waals surface area contributed by atoms with Crippen LogP contribution in [0.1, 0.15) is 10.4 Å². The van der Waals surface area contributed by atoms with Crippen molar-refractivity contribution in [1.29, 1.82) is 0 Å². The fourth-order valence-corrected chi connectivity index (χ4v) is 2.96. The molecule has 1 N–H and O–H groups in total. The Morgan fingerprint density at radius 1 is 1.24 bits per heavy atom. The fourth-order valence-electron chi connectivity index (χ4n) is 2.96. The molecule has 0 atom stereocenters. The summed E-state index contributed by atoms with van der Waals surface area (Å²) >= 11 is 0. The molecule has 9 heteroatoms. The lowest BCUT2D eigenvalue weighted by Gasteiger charge is -2.09. The Kier molecular flexibility index (Phi) is 5.02. The van der Waals surface area contributed by atoms with Crippen LogP contribution in [0.5, 0.6) is 5.75 Å². The number of rotatable bonds is 6. The molecule has 0 saturated carbocycles. The van der Waals surface area contributed by atoms with E-state index in [1.807, 2.05) is 4.57 Å². The topological polar surface area (TPSA) is 112 Å². The van der Waals surface area contributed by atoms with Gasteiger partial charge in [0.05, 0.1) is 13.3 Å². The molecule has 0 unspecified atom stereocenters. The molecular weight excluding hydrogens is 374 g/mol. The van der Waals surface area contributed by atoms with E-state index >= 15 is 0 Å². The first-order valence-electron chi connectivity index (χ1n) is 8.84. The van der Waals surface area contributed by atoms with Crippen molar-refractivity contribution >= 4 is 16.9 Å². The second-order valence-electron chi connectivity index (χ2n) is 6.12. The number of para-hydroxylation sites is 1. The lowest BCUT2D eigenvalue weighted by atomic mass is 10.1. The summed E-state index contributed by atoms with van der Waals surface area (Å²) in [6.07, 6.45) is 8.22. The highest BCUT2D eigenvalue weighted by molar-refractivity contribution is 5.97. The summed E-state index contributed by atoms with van der Waals surface area (Å²) in [6, 6.07) is 6.69. The van der Waals surface area contributed by atoms with Gasteiger partial charge in [0.15, 0.2) is 17.2 Å². The van der Waals surface area contributed by atoms with Gasteiger partial charge in [-0.25, -0.2) is 14.8 Å². The number of carbonyl (C=O) groups is 1. The maximum atomic E-state index is 12.5. The molecule has 0 radical (unpaired) electrons. The van der Waals surface area contributed by atoms with E-state index in [2.05, 4.69) is 20.3 Å². The highest BCUT2D eigenvalue weighted by atomic mass is 16.5. The molecule has 0 saturated heterocycles. The number of imidazole rings is 1. The molecule has 3 heterocycles. The number of nitrogens with zero attached hydrogens (tertiary/aromatic N) is 4. The van der Waals surface area contributed by atoms with Crippen LogP contribution in [0, 0.1) is 0 Å². The second-order valence-corrected chi connectivity index (χ2v) is 6.12. The van der Waals surface area contributed by atoms with Crippen LogP contribution >= 0.6 is 0 Å². The summed E-state index contributed by atoms with van der Waals surface area (Å²) in [6.45, 7) is 0.739. The molecule has 29 heavy (non-hydrogen) atoms. The van der Waals surface area contributed by atoms with Gasteiger partial charge in [-0.1, -0.05) is 12.1 Å². The van der Waals surface area contributed by atoms with Crippen LogP contribution in [0.15, 0.2) is 64.5 Å². The number of ether oxygens (including phenoxy) is 1. The smallest absolute Gasteiger partial charge is 0.349 e. The third-order valence-electron chi connectivity index (χ3n) is 4.33. The summed E-state index contributed by atoms with van der Waals surface area (Å²) in [5, 5.41) is 3.34. The normalized spacial score (nSPS) is 10.8. The number of methoxy groups -OCH3 is 1. The van der Waals surface area contributed by atoms with Gasteiger partial charge in [0, 0.05) is 43.3 Å². The minimum atomic E-state index is -0.720. The van der Waals surface area contributed by atoms with Gasteiger partial charge in [-0.15, -0.1) is 0 Å². The van der Waals surface area contributed by atoms with Gasteiger partial charge < -0.3 is 19.0 Å². The summed E-state index contributed by atoms with van der Waals surface area (Å²) in [5.41, 5.74) is 0.157. The number of carbonyl (C=O) groups excluding carboxylic acids is 1. The average Bonchev–Trinajstić information content (AvgIpc) is 3.22. The monoisotopic (exact) mass is 391 g/mol. The van der Waals surface area contributed by atoms with Crippen molar-refractivity contribution in [3.05, 3.63) is 71.2 Å². The molecule has 3 aromatic heterocycles. The predicted molar refractivity (Wildman–Crippen MR) is 105 cm³/mol. The van der Waals surface area contributed by atoms with E-state index in [0.29, 0.717) is 34.8 Å². The van der Waals surface area contributed by atoms with Gasteiger partial charge in [0.1, 0.15) is 11.3 Å². The predicted octanol–water partition coefficient (Wildman–Crippen LogP) is 1.89. The van der Waals surface area contributed by atoms with Crippen molar-refractivity contribution < 1.29 is 13.9 Å². The summed E-state index contributed by atoms with van der Waals surface area (Å²) in [7, 11) is 1.49. The van der Waals surface area contributed by atoms with Crippen LogP contribution in [-0.2, 0) is 6.54 Å². The van der Waals surface area contributed by atoms with E-state index in [-0.39, 0.29) is 12.1 Å². The quantitative estimate of drug-likeness (QED) is 0.500. The SMILES string of the molecule is COc1cccc2cc(C(=O)NCCn3ccnc3-c3cnccn3)c(=O)oc12. The Morgan fingerprint density at radius 2 is 2.14 bits per heavy atom. The van der Waals surface area contributed by atoms with Gasteiger partial charge >= 0.3 is 5.63 Å². The fraction of sp³-hybridized carbons (Fsp3) is 0.150. The van der Waals surface area contributed by atoms with Crippen LogP contribution in [-0.4, -0.2) is 39.1 Å². The summed E-state index contributed by atoms with van der Waals surface area (Å²) < 4.78 is 12.3. The third-order valence-corrected chi connectivity index (χ3v) is 4.33. The highest BCUT2D eigenvalue weighted by Crippen LogP contribution is 2.24. The number of hydrogen-bond donors (Lipinski definition) is 1. The minimum absolute atomic E-state index is 0.0643. The van der Waals surface area contributed by atoms with Crippen LogP contribution in [0.25, 0.3) is 22.5 Å². The van der Waals surface area contributed by atoms with Gasteiger partial charge in [-0.3, -0.25) is 9.78 Å². The van der Waals surface area contributed by atoms with Gasteiger partial charge in [0.25, 0.3) is 5.91 Å². The first-order chi connectivity index (χ1) is 14.2. The van der Waals surface area contributed by atoms with Crippen LogP contribution in [0.2, 0.25) is 0 Å². The van der Waals surface area contributed by atoms with E-state index in [4.69, 9.17) is 9.15 Å². The van der Waals surface area contributed by atoms with E-state index in [0.717, 1.165) is 0 Å². The Bertz CT molecular complexity index is 1220. The minimum Gasteiger partial charge on any atom is -0.493 e. The number of nitrogens with one attached hydrogen (secondary N) is 1. The maximum absolute atomic E-state index is 12.5. The van der Waals surface area contributed by atoms with Crippen molar-refractivity contribution in [2.45, 2.75) is 6.54 Å². The number of fused-ring (bicyclic) bond motifs is 1. The Balaban J connectivity index is 1.48. The van der Waals surface area contributed by atoms with Crippen LogP contribution in [0.4, 0.5) is 0 Å². The standard InChI is InChI=1S/C20H17N5O4/c1-28-16-4-2-3-13-11-14(20(27)29-17(13)16)19(26)24-8-10-25-9-7-23-18(25)15-12-21-5-6-22-15/h2-7,9,11-12H,8,10H2,1H3,(H,24,26). The molecule has 9 nitrogen and oxygen atoms in total. The first-order valence-corrected chi connectivity index (χ1v) is 8.84. The largest absolute Gasteiger partial charge is 0.493 e. The number of hydrogen-bond acceptors (Lipinski definition) is 7. The first kappa shape index (κ1) is 18.4. The molecular formula is C20H17N5O4. The lowest BCUT2D eigenvalue weighted by molar-refractivity contribution is 0.0948. The summed E-state index contributed by atoms with van der Waals surface area (Å²) in [5.74, 6) is 0.567. The number of amides is 1. The third kappa shape index (κ3) is 3.70. The van der Waals surface area contributed by atoms with Crippen LogP contribution in [0.3, 0.4) is 0 Å². The van der Waals surface area contributed by atoms with E-state index in [1.165, 1.54) is 13.2 Å². The summed E-state index contributed by atoms with van der Waals surface area (Å²) in [4.78, 5) is 37.3. The lowest BCUT2D eigenvalue weighted by Crippen LogP contribution is -2.31. The van der Waals surface area contributed by atoms with Crippen molar-refractivity contribution in [1.82, 2.24) is 24.8 Å². The molecule has 1 aromatic carbocycles. The van der Waals surface area contributed by atoms with Crippen molar-refractivity contribution in [2.75, 3.05) is 13.7 Å². The molecule has 0 aliphatic rings. The average molecular weight is 391 g/mol. The number of aromatic nitrogens is 4. The molecule has 146 valence electrons. The zero-order chi connectivity index (χ0) is 20.2. The molecule has 4 rings (SSSR count). The van der Waals surface area contributed by atoms with E-state index < -0.39 is 11.5 Å². The van der Waals surface area contributed by atoms with Crippen molar-refractivity contribution in [3.8, 4) is 17.3 Å². The molecule has 0 aliphatic heterocycles. The molecule has 1 amide bonds. The Hall–Kier alpha value is -4.01. The van der Waals surface area contributed by atoms with E-state index in [1.54, 1.807) is 49.2 Å². The molecule has 0 fully saturated rings.